The molecule has 0 aromatic rings. The van der Waals surface area contributed by atoms with E-state index in [4.69, 9.17) is 13.8 Å². The summed E-state index contributed by atoms with van der Waals surface area (Å²) in [4.78, 5) is 10.8. The summed E-state index contributed by atoms with van der Waals surface area (Å²) in [6.45, 7) is 6.98. The van der Waals surface area contributed by atoms with Crippen LogP contribution in [0.4, 0.5) is 0 Å². The Labute approximate surface area is 90.6 Å². The molecule has 0 rings (SSSR count). The fourth-order valence-electron chi connectivity index (χ4n) is 1.13. The number of carbonyl (C=O) groups is 1. The minimum Gasteiger partial charge on any atom is -0.450 e. The van der Waals surface area contributed by atoms with Gasteiger partial charge < -0.3 is 13.8 Å². The molecule has 0 aliphatic rings. The molecule has 1 atom stereocenters. The molecule has 6 heteroatoms. The topological polar surface area (TPSA) is 61.8 Å². The standard InChI is InChI=1S/C9H19O5P/c1-5-9(14-8(4)10)15(11,12-6-2)13-7-3/h9H,5-7H2,1-4H3/t9-/m0/s1. The molecule has 0 saturated heterocycles. The zero-order valence-electron chi connectivity index (χ0n) is 9.69. The number of esters is 1. The van der Waals surface area contributed by atoms with Crippen LogP contribution in [0.25, 0.3) is 0 Å². The molecule has 0 aliphatic heterocycles. The van der Waals surface area contributed by atoms with Crippen molar-refractivity contribution in [1.29, 1.82) is 0 Å². The number of carbonyl (C=O) groups excluding carboxylic acids is 1. The van der Waals surface area contributed by atoms with Crippen LogP contribution in [-0.4, -0.2) is 25.0 Å². The average Bonchev–Trinajstić information content (AvgIpc) is 2.14. The van der Waals surface area contributed by atoms with Crippen LogP contribution < -0.4 is 0 Å². The molecule has 0 amide bonds. The average molecular weight is 238 g/mol. The number of ether oxygens (including phenoxy) is 1. The highest BCUT2D eigenvalue weighted by Crippen LogP contribution is 2.54. The van der Waals surface area contributed by atoms with E-state index in [0.29, 0.717) is 6.42 Å². The van der Waals surface area contributed by atoms with E-state index in [-0.39, 0.29) is 13.2 Å². The summed E-state index contributed by atoms with van der Waals surface area (Å²) in [7, 11) is -3.33. The smallest absolute Gasteiger partial charge is 0.370 e. The second kappa shape index (κ2) is 6.99. The molecule has 90 valence electrons. The van der Waals surface area contributed by atoms with Gasteiger partial charge in [0.1, 0.15) is 0 Å². The highest BCUT2D eigenvalue weighted by Gasteiger charge is 2.36. The van der Waals surface area contributed by atoms with E-state index in [1.807, 2.05) is 0 Å². The van der Waals surface area contributed by atoms with Crippen LogP contribution in [0.5, 0.6) is 0 Å². The van der Waals surface area contributed by atoms with Gasteiger partial charge in [0.15, 0.2) is 0 Å². The van der Waals surface area contributed by atoms with Crippen molar-refractivity contribution < 1.29 is 23.1 Å². The highest BCUT2D eigenvalue weighted by molar-refractivity contribution is 7.54. The van der Waals surface area contributed by atoms with Crippen molar-refractivity contribution in [3.8, 4) is 0 Å². The third-order valence-electron chi connectivity index (χ3n) is 1.62. The Morgan fingerprint density at radius 3 is 1.93 bits per heavy atom. The molecule has 0 aromatic carbocycles. The van der Waals surface area contributed by atoms with Crippen molar-refractivity contribution in [1.82, 2.24) is 0 Å². The van der Waals surface area contributed by atoms with Crippen LogP contribution in [0.2, 0.25) is 0 Å². The fourth-order valence-corrected chi connectivity index (χ4v) is 2.98. The van der Waals surface area contributed by atoms with E-state index in [9.17, 15) is 9.36 Å². The summed E-state index contributed by atoms with van der Waals surface area (Å²) in [6.07, 6.45) is 0.400. The normalized spacial score (nSPS) is 13.6. The van der Waals surface area contributed by atoms with E-state index >= 15 is 0 Å². The van der Waals surface area contributed by atoms with Gasteiger partial charge in [0.2, 0.25) is 5.85 Å². The molecular formula is C9H19O5P. The second-order valence-electron chi connectivity index (χ2n) is 2.85. The predicted molar refractivity (Wildman–Crippen MR) is 56.7 cm³/mol. The minimum atomic E-state index is -3.33. The molecule has 0 fully saturated rings. The number of hydrogen-bond donors (Lipinski definition) is 0. The summed E-state index contributed by atoms with van der Waals surface area (Å²) in [6, 6.07) is 0. The van der Waals surface area contributed by atoms with Gasteiger partial charge in [0, 0.05) is 6.92 Å². The van der Waals surface area contributed by atoms with Gasteiger partial charge in [-0.05, 0) is 20.3 Å². The summed E-state index contributed by atoms with van der Waals surface area (Å²) in [5, 5.41) is 0. The van der Waals surface area contributed by atoms with Crippen molar-refractivity contribution in [3.63, 3.8) is 0 Å². The van der Waals surface area contributed by atoms with E-state index in [1.54, 1.807) is 20.8 Å². The Morgan fingerprint density at radius 2 is 1.67 bits per heavy atom. The quantitative estimate of drug-likeness (QED) is 0.503. The van der Waals surface area contributed by atoms with Gasteiger partial charge in [-0.1, -0.05) is 6.92 Å². The van der Waals surface area contributed by atoms with Gasteiger partial charge in [-0.15, -0.1) is 0 Å². The molecule has 0 aromatic heterocycles. The van der Waals surface area contributed by atoms with Crippen molar-refractivity contribution in [3.05, 3.63) is 0 Å². The Balaban J connectivity index is 4.68. The molecule has 0 N–H and O–H groups in total. The van der Waals surface area contributed by atoms with Crippen molar-refractivity contribution in [2.24, 2.45) is 0 Å². The Kier molecular flexibility index (Phi) is 6.81. The van der Waals surface area contributed by atoms with Crippen molar-refractivity contribution in [2.75, 3.05) is 13.2 Å². The molecule has 0 bridgehead atoms. The molecule has 0 spiro atoms. The van der Waals surface area contributed by atoms with Gasteiger partial charge in [0.05, 0.1) is 13.2 Å². The van der Waals surface area contributed by atoms with Crippen LogP contribution >= 0.6 is 7.60 Å². The van der Waals surface area contributed by atoms with Gasteiger partial charge in [-0.25, -0.2) is 0 Å². The first-order valence-electron chi connectivity index (χ1n) is 5.06. The van der Waals surface area contributed by atoms with Crippen molar-refractivity contribution in [2.45, 2.75) is 40.0 Å². The lowest BCUT2D eigenvalue weighted by molar-refractivity contribution is -0.143. The molecular weight excluding hydrogens is 219 g/mol. The van der Waals surface area contributed by atoms with Crippen LogP contribution in [0.1, 0.15) is 34.1 Å². The summed E-state index contributed by atoms with van der Waals surface area (Å²) in [5.41, 5.74) is 0. The van der Waals surface area contributed by atoms with Gasteiger partial charge in [-0.3, -0.25) is 9.36 Å². The number of rotatable bonds is 7. The summed E-state index contributed by atoms with van der Waals surface area (Å²) >= 11 is 0. The molecule has 0 aliphatic carbocycles. The fraction of sp³-hybridized carbons (Fsp3) is 0.889. The van der Waals surface area contributed by atoms with E-state index in [0.717, 1.165) is 0 Å². The van der Waals surface area contributed by atoms with Gasteiger partial charge >= 0.3 is 13.6 Å². The summed E-state index contributed by atoms with van der Waals surface area (Å²) < 4.78 is 27.2. The van der Waals surface area contributed by atoms with Gasteiger partial charge in [-0.2, -0.15) is 0 Å². The zero-order chi connectivity index (χ0) is 11.9. The second-order valence-corrected chi connectivity index (χ2v) is 5.02. The molecule has 5 nitrogen and oxygen atoms in total. The van der Waals surface area contributed by atoms with Crippen molar-refractivity contribution >= 4 is 13.6 Å². The minimum absolute atomic E-state index is 0.259. The Bertz CT molecular complexity index is 231. The van der Waals surface area contributed by atoms with Crippen LogP contribution in [-0.2, 0) is 23.1 Å². The number of hydrogen-bond acceptors (Lipinski definition) is 5. The first-order valence-corrected chi connectivity index (χ1v) is 6.67. The highest BCUT2D eigenvalue weighted by atomic mass is 31.2. The molecule has 15 heavy (non-hydrogen) atoms. The van der Waals surface area contributed by atoms with Crippen LogP contribution in [0, 0.1) is 0 Å². The monoisotopic (exact) mass is 238 g/mol. The van der Waals surface area contributed by atoms with Crippen LogP contribution in [0.3, 0.4) is 0 Å². The first kappa shape index (κ1) is 14.6. The lowest BCUT2D eigenvalue weighted by Gasteiger charge is -2.24. The van der Waals surface area contributed by atoms with E-state index in [1.165, 1.54) is 6.92 Å². The lowest BCUT2D eigenvalue weighted by atomic mass is 10.5. The summed E-state index contributed by atoms with van der Waals surface area (Å²) in [5.74, 6) is -1.30. The third kappa shape index (κ3) is 4.78. The molecule has 0 radical (unpaired) electrons. The third-order valence-corrected chi connectivity index (χ3v) is 4.03. The molecule has 0 saturated carbocycles. The largest absolute Gasteiger partial charge is 0.450 e. The van der Waals surface area contributed by atoms with E-state index < -0.39 is 19.4 Å². The maximum atomic E-state index is 12.2. The Morgan fingerprint density at radius 1 is 1.20 bits per heavy atom. The zero-order valence-corrected chi connectivity index (χ0v) is 10.6. The maximum absolute atomic E-state index is 12.2. The Hall–Kier alpha value is -0.380. The maximum Gasteiger partial charge on any atom is 0.370 e. The molecule has 0 heterocycles. The van der Waals surface area contributed by atoms with Crippen LogP contribution in [0.15, 0.2) is 0 Å². The predicted octanol–water partition coefficient (Wildman–Crippen LogP) is 2.55. The van der Waals surface area contributed by atoms with E-state index in [2.05, 4.69) is 0 Å². The lowest BCUT2D eigenvalue weighted by Crippen LogP contribution is -2.19. The SMILES string of the molecule is CCOP(=O)(OCC)[C@@H](CC)OC(C)=O. The van der Waals surface area contributed by atoms with Gasteiger partial charge in [0.25, 0.3) is 0 Å². The first-order chi connectivity index (χ1) is 7.00. The molecule has 0 unspecified atom stereocenters.